The molecule has 1 unspecified atom stereocenters. The Hall–Kier alpha value is -2.41. The Bertz CT molecular complexity index is 807. The molecule has 0 spiro atoms. The number of rotatable bonds is 3. The lowest BCUT2D eigenvalue weighted by atomic mass is 9.97. The van der Waals surface area contributed by atoms with Crippen LogP contribution in [0.25, 0.3) is 0 Å². The highest BCUT2D eigenvalue weighted by Crippen LogP contribution is 2.27. The third-order valence-electron chi connectivity index (χ3n) is 4.05. The van der Waals surface area contributed by atoms with Crippen molar-refractivity contribution in [2.75, 3.05) is 23.3 Å². The summed E-state index contributed by atoms with van der Waals surface area (Å²) in [5, 5.41) is 9.05. The molecule has 0 aliphatic carbocycles. The van der Waals surface area contributed by atoms with Crippen LogP contribution in [0.15, 0.2) is 29.2 Å². The normalized spacial score (nSPS) is 17.6. The molecule has 1 saturated heterocycles. The number of nitrogens with one attached hydrogen (secondary N) is 2. The molecule has 24 heavy (non-hydrogen) atoms. The van der Waals surface area contributed by atoms with E-state index < -0.39 is 5.56 Å². The van der Waals surface area contributed by atoms with E-state index in [1.165, 1.54) is 6.20 Å². The largest absolute Gasteiger partial charge is 0.368 e. The Labute approximate surface area is 144 Å². The van der Waals surface area contributed by atoms with Gasteiger partial charge in [-0.2, -0.15) is 5.10 Å². The van der Waals surface area contributed by atoms with Gasteiger partial charge in [0.15, 0.2) is 0 Å². The van der Waals surface area contributed by atoms with Gasteiger partial charge in [-0.05, 0) is 31.9 Å². The van der Waals surface area contributed by atoms with Crippen molar-refractivity contribution in [2.24, 2.45) is 5.92 Å². The van der Waals surface area contributed by atoms with Crippen LogP contribution < -0.4 is 15.8 Å². The van der Waals surface area contributed by atoms with Gasteiger partial charge in [-0.15, -0.1) is 0 Å². The molecule has 0 aromatic carbocycles. The lowest BCUT2D eigenvalue weighted by Crippen LogP contribution is -2.41. The van der Waals surface area contributed by atoms with Crippen molar-refractivity contribution >= 4 is 29.0 Å². The van der Waals surface area contributed by atoms with Crippen molar-refractivity contribution in [2.45, 2.75) is 19.8 Å². The summed E-state index contributed by atoms with van der Waals surface area (Å²) in [6, 6.07) is 5.50. The average molecular weight is 348 g/mol. The van der Waals surface area contributed by atoms with Crippen molar-refractivity contribution in [3.8, 4) is 0 Å². The van der Waals surface area contributed by atoms with Gasteiger partial charge in [-0.25, -0.2) is 10.1 Å². The molecule has 2 N–H and O–H groups in total. The van der Waals surface area contributed by atoms with Crippen LogP contribution in [0, 0.1) is 12.8 Å². The quantitative estimate of drug-likeness (QED) is 0.886. The van der Waals surface area contributed by atoms with E-state index >= 15 is 0 Å². The molecule has 8 heteroatoms. The molecule has 0 bridgehead atoms. The van der Waals surface area contributed by atoms with Gasteiger partial charge in [0, 0.05) is 18.8 Å². The zero-order valence-corrected chi connectivity index (χ0v) is 14.0. The van der Waals surface area contributed by atoms with Crippen molar-refractivity contribution in [1.82, 2.24) is 15.2 Å². The van der Waals surface area contributed by atoms with Crippen LogP contribution in [0.5, 0.6) is 0 Å². The van der Waals surface area contributed by atoms with Crippen LogP contribution >= 0.6 is 11.6 Å². The van der Waals surface area contributed by atoms with Gasteiger partial charge in [-0.1, -0.05) is 17.7 Å². The van der Waals surface area contributed by atoms with Crippen LogP contribution in [0.1, 0.15) is 18.5 Å². The van der Waals surface area contributed by atoms with Crippen molar-refractivity contribution < 1.29 is 4.79 Å². The molecule has 1 atom stereocenters. The SMILES string of the molecule is Cc1cccc(NC(=O)C2CCCN(c3cn[nH]c(=O)c3Cl)C2)n1. The molecule has 1 aliphatic heterocycles. The second-order valence-corrected chi connectivity index (χ2v) is 6.21. The summed E-state index contributed by atoms with van der Waals surface area (Å²) in [5.74, 6) is 0.274. The van der Waals surface area contributed by atoms with Gasteiger partial charge in [0.05, 0.1) is 17.8 Å². The number of nitrogens with zero attached hydrogens (tertiary/aromatic N) is 3. The molecule has 0 saturated carbocycles. The van der Waals surface area contributed by atoms with Crippen LogP contribution in [0.2, 0.25) is 5.02 Å². The summed E-state index contributed by atoms with van der Waals surface area (Å²) in [6.45, 7) is 3.10. The molecule has 3 rings (SSSR count). The Kier molecular flexibility index (Phi) is 4.80. The molecule has 126 valence electrons. The van der Waals surface area contributed by atoms with Crippen LogP contribution in [0.3, 0.4) is 0 Å². The first kappa shape index (κ1) is 16.4. The number of H-pyrrole nitrogens is 1. The molecule has 2 aromatic heterocycles. The Balaban J connectivity index is 1.72. The first-order chi connectivity index (χ1) is 11.5. The number of anilines is 2. The number of carbonyl (C=O) groups is 1. The van der Waals surface area contributed by atoms with E-state index in [2.05, 4.69) is 20.5 Å². The maximum absolute atomic E-state index is 12.5. The summed E-state index contributed by atoms with van der Waals surface area (Å²) in [7, 11) is 0. The molecule has 2 aromatic rings. The number of aromatic nitrogens is 3. The number of hydrogen-bond donors (Lipinski definition) is 2. The number of halogens is 1. The predicted molar refractivity (Wildman–Crippen MR) is 92.4 cm³/mol. The average Bonchev–Trinajstić information content (AvgIpc) is 2.57. The highest BCUT2D eigenvalue weighted by atomic mass is 35.5. The summed E-state index contributed by atoms with van der Waals surface area (Å²) in [6.07, 6.45) is 3.14. The molecule has 1 aliphatic rings. The number of carbonyl (C=O) groups excluding carboxylic acids is 1. The van der Waals surface area contributed by atoms with Gasteiger partial charge in [0.2, 0.25) is 5.91 Å². The van der Waals surface area contributed by atoms with E-state index in [-0.39, 0.29) is 16.8 Å². The molecule has 7 nitrogen and oxygen atoms in total. The van der Waals surface area contributed by atoms with E-state index in [9.17, 15) is 9.59 Å². The van der Waals surface area contributed by atoms with Gasteiger partial charge < -0.3 is 10.2 Å². The van der Waals surface area contributed by atoms with Crippen LogP contribution in [-0.2, 0) is 4.79 Å². The molecule has 0 radical (unpaired) electrons. The smallest absolute Gasteiger partial charge is 0.285 e. The second kappa shape index (κ2) is 7.00. The number of piperidine rings is 1. The highest BCUT2D eigenvalue weighted by Gasteiger charge is 2.27. The first-order valence-electron chi connectivity index (χ1n) is 7.77. The third kappa shape index (κ3) is 3.56. The molecule has 3 heterocycles. The fraction of sp³-hybridized carbons (Fsp3) is 0.375. The standard InChI is InChI=1S/C16H18ClN5O2/c1-10-4-2-6-13(19-10)20-15(23)11-5-3-7-22(9-11)12-8-18-21-16(24)14(12)17/h2,4,6,8,11H,3,5,7,9H2,1H3,(H,21,24)(H,19,20,23). The van der Waals surface area contributed by atoms with Crippen LogP contribution in [0.4, 0.5) is 11.5 Å². The highest BCUT2D eigenvalue weighted by molar-refractivity contribution is 6.33. The zero-order valence-electron chi connectivity index (χ0n) is 13.3. The minimum absolute atomic E-state index is 0.0771. The Morgan fingerprint density at radius 1 is 1.46 bits per heavy atom. The zero-order chi connectivity index (χ0) is 17.1. The summed E-state index contributed by atoms with van der Waals surface area (Å²) in [4.78, 5) is 30.3. The fourth-order valence-electron chi connectivity index (χ4n) is 2.85. The molecule has 1 amide bonds. The number of aryl methyl sites for hydroxylation is 1. The van der Waals surface area contributed by atoms with Gasteiger partial charge in [-0.3, -0.25) is 9.59 Å². The summed E-state index contributed by atoms with van der Waals surface area (Å²) < 4.78 is 0. The predicted octanol–water partition coefficient (Wildman–Crippen LogP) is 1.98. The Morgan fingerprint density at radius 2 is 2.29 bits per heavy atom. The lowest BCUT2D eigenvalue weighted by molar-refractivity contribution is -0.120. The Morgan fingerprint density at radius 3 is 3.08 bits per heavy atom. The van der Waals surface area contributed by atoms with E-state index in [0.717, 1.165) is 25.1 Å². The number of hydrogen-bond acceptors (Lipinski definition) is 5. The monoisotopic (exact) mass is 347 g/mol. The van der Waals surface area contributed by atoms with Gasteiger partial charge in [0.25, 0.3) is 5.56 Å². The number of pyridine rings is 1. The number of amides is 1. The van der Waals surface area contributed by atoms with Gasteiger partial charge >= 0.3 is 0 Å². The fourth-order valence-corrected chi connectivity index (χ4v) is 3.06. The van der Waals surface area contributed by atoms with E-state index in [1.54, 1.807) is 6.07 Å². The topological polar surface area (TPSA) is 91.0 Å². The van der Waals surface area contributed by atoms with Crippen molar-refractivity contribution in [3.63, 3.8) is 0 Å². The maximum Gasteiger partial charge on any atom is 0.285 e. The van der Waals surface area contributed by atoms with Crippen LogP contribution in [-0.4, -0.2) is 34.2 Å². The van der Waals surface area contributed by atoms with E-state index in [4.69, 9.17) is 11.6 Å². The van der Waals surface area contributed by atoms with E-state index in [0.29, 0.717) is 18.1 Å². The third-order valence-corrected chi connectivity index (χ3v) is 4.41. The van der Waals surface area contributed by atoms with Gasteiger partial charge in [0.1, 0.15) is 10.8 Å². The van der Waals surface area contributed by atoms with Crippen molar-refractivity contribution in [3.05, 3.63) is 45.5 Å². The lowest BCUT2D eigenvalue weighted by Gasteiger charge is -2.33. The second-order valence-electron chi connectivity index (χ2n) is 5.84. The number of aromatic amines is 1. The summed E-state index contributed by atoms with van der Waals surface area (Å²) >= 11 is 6.07. The van der Waals surface area contributed by atoms with Crippen molar-refractivity contribution in [1.29, 1.82) is 0 Å². The maximum atomic E-state index is 12.5. The minimum atomic E-state index is -0.426. The molecule has 1 fully saturated rings. The first-order valence-corrected chi connectivity index (χ1v) is 8.15. The summed E-state index contributed by atoms with van der Waals surface area (Å²) in [5.41, 5.74) is 0.982. The van der Waals surface area contributed by atoms with E-state index in [1.807, 2.05) is 24.0 Å². The molecular formula is C16H18ClN5O2. The minimum Gasteiger partial charge on any atom is -0.368 e. The molecular weight excluding hydrogens is 330 g/mol.